The van der Waals surface area contributed by atoms with Crippen molar-refractivity contribution in [3.05, 3.63) is 52.8 Å². The Morgan fingerprint density at radius 2 is 2.05 bits per heavy atom. The number of ether oxygens (including phenoxy) is 2. The minimum absolute atomic E-state index is 0.0787. The van der Waals surface area contributed by atoms with Gasteiger partial charge in [0.05, 0.1) is 30.5 Å². The fraction of sp³-hybridized carbons (Fsp3) is 0.552. The van der Waals surface area contributed by atoms with Crippen LogP contribution in [0.25, 0.3) is 10.9 Å². The number of hydrogen-bond donors (Lipinski definition) is 2. The normalized spacial score (nSPS) is 16.7. The Morgan fingerprint density at radius 1 is 1.18 bits per heavy atom. The average molecular weight is 522 g/mol. The number of nitrogens with zero attached hydrogens (tertiary/aromatic N) is 4. The Balaban J connectivity index is 1.08. The molecule has 0 amide bonds. The van der Waals surface area contributed by atoms with E-state index < -0.39 is 12.0 Å². The van der Waals surface area contributed by atoms with Gasteiger partial charge in [-0.3, -0.25) is 14.4 Å². The SMILES string of the molecule is COCCn1nc(C)c2c(C(C(=O)O)N3CC(OCCCCCc4ccc5c(n4)NCCC5)C3)cccc21. The molecule has 1 saturated heterocycles. The number of rotatable bonds is 13. The highest BCUT2D eigenvalue weighted by molar-refractivity contribution is 5.90. The number of aromatic nitrogens is 3. The molecule has 9 nitrogen and oxygen atoms in total. The molecule has 1 aromatic carbocycles. The van der Waals surface area contributed by atoms with Crippen molar-refractivity contribution in [2.75, 3.05) is 45.3 Å². The lowest BCUT2D eigenvalue weighted by Crippen LogP contribution is -2.55. The number of pyridine rings is 1. The Labute approximate surface area is 224 Å². The van der Waals surface area contributed by atoms with Gasteiger partial charge in [-0.2, -0.15) is 5.10 Å². The number of likely N-dealkylation sites (tertiary alicyclic amines) is 1. The molecule has 2 aromatic heterocycles. The zero-order valence-corrected chi connectivity index (χ0v) is 22.5. The molecule has 9 heteroatoms. The van der Waals surface area contributed by atoms with E-state index in [0.29, 0.717) is 32.8 Å². The van der Waals surface area contributed by atoms with Crippen LogP contribution < -0.4 is 5.32 Å². The summed E-state index contributed by atoms with van der Waals surface area (Å²) in [5.41, 5.74) is 5.06. The van der Waals surface area contributed by atoms with Crippen LogP contribution in [0.1, 0.15) is 54.2 Å². The third-order valence-corrected chi connectivity index (χ3v) is 7.65. The Kier molecular flexibility index (Phi) is 8.56. The molecule has 0 bridgehead atoms. The average Bonchev–Trinajstić information content (AvgIpc) is 3.23. The number of methoxy groups -OCH3 is 1. The van der Waals surface area contributed by atoms with E-state index in [1.165, 1.54) is 12.0 Å². The summed E-state index contributed by atoms with van der Waals surface area (Å²) < 4.78 is 13.2. The molecular formula is C29H39N5O4. The van der Waals surface area contributed by atoms with E-state index in [9.17, 15) is 9.90 Å². The first kappa shape index (κ1) is 26.6. The van der Waals surface area contributed by atoms with Crippen molar-refractivity contribution in [2.24, 2.45) is 0 Å². The lowest BCUT2D eigenvalue weighted by Gasteiger charge is -2.42. The number of carbonyl (C=O) groups is 1. The quantitative estimate of drug-likeness (QED) is 0.326. The van der Waals surface area contributed by atoms with Crippen LogP contribution in [0.15, 0.2) is 30.3 Å². The summed E-state index contributed by atoms with van der Waals surface area (Å²) in [4.78, 5) is 19.1. The second-order valence-corrected chi connectivity index (χ2v) is 10.4. The lowest BCUT2D eigenvalue weighted by molar-refractivity contribution is -0.150. The van der Waals surface area contributed by atoms with Crippen molar-refractivity contribution in [3.8, 4) is 0 Å². The van der Waals surface area contributed by atoms with E-state index in [4.69, 9.17) is 14.5 Å². The van der Waals surface area contributed by atoms with Crippen molar-refractivity contribution >= 4 is 22.7 Å². The molecule has 4 heterocycles. The van der Waals surface area contributed by atoms with Crippen LogP contribution in [0.5, 0.6) is 0 Å². The van der Waals surface area contributed by atoms with Crippen molar-refractivity contribution in [1.29, 1.82) is 0 Å². The van der Waals surface area contributed by atoms with Crippen LogP contribution in [-0.2, 0) is 33.7 Å². The molecule has 0 saturated carbocycles. The predicted octanol–water partition coefficient (Wildman–Crippen LogP) is 3.98. The van der Waals surface area contributed by atoms with Crippen LogP contribution >= 0.6 is 0 Å². The first-order valence-corrected chi connectivity index (χ1v) is 13.8. The van der Waals surface area contributed by atoms with Gasteiger partial charge in [0.2, 0.25) is 0 Å². The first-order chi connectivity index (χ1) is 18.5. The van der Waals surface area contributed by atoms with E-state index >= 15 is 0 Å². The van der Waals surface area contributed by atoms with E-state index in [0.717, 1.165) is 72.3 Å². The van der Waals surface area contributed by atoms with E-state index in [-0.39, 0.29) is 6.10 Å². The van der Waals surface area contributed by atoms with Gasteiger partial charge in [0.1, 0.15) is 11.9 Å². The van der Waals surface area contributed by atoms with Gasteiger partial charge in [-0.25, -0.2) is 4.98 Å². The molecule has 0 radical (unpaired) electrons. The molecule has 1 atom stereocenters. The summed E-state index contributed by atoms with van der Waals surface area (Å²) >= 11 is 0. The number of anilines is 1. The summed E-state index contributed by atoms with van der Waals surface area (Å²) in [7, 11) is 1.66. The summed E-state index contributed by atoms with van der Waals surface area (Å²) in [5, 5.41) is 19.1. The fourth-order valence-electron chi connectivity index (χ4n) is 5.64. The molecule has 2 aliphatic heterocycles. The molecule has 1 unspecified atom stereocenters. The van der Waals surface area contributed by atoms with E-state index in [2.05, 4.69) is 22.5 Å². The number of benzene rings is 1. The van der Waals surface area contributed by atoms with Crippen molar-refractivity contribution in [3.63, 3.8) is 0 Å². The van der Waals surface area contributed by atoms with Gasteiger partial charge in [-0.05, 0) is 62.3 Å². The third kappa shape index (κ3) is 5.85. The molecule has 204 valence electrons. The van der Waals surface area contributed by atoms with Crippen LogP contribution in [0.4, 0.5) is 5.82 Å². The summed E-state index contributed by atoms with van der Waals surface area (Å²) in [6, 6.07) is 9.50. The van der Waals surface area contributed by atoms with Crippen molar-refractivity contribution < 1.29 is 19.4 Å². The predicted molar refractivity (Wildman–Crippen MR) is 147 cm³/mol. The highest BCUT2D eigenvalue weighted by atomic mass is 16.5. The number of fused-ring (bicyclic) bond motifs is 2. The van der Waals surface area contributed by atoms with Crippen molar-refractivity contribution in [2.45, 2.75) is 64.1 Å². The maximum atomic E-state index is 12.4. The highest BCUT2D eigenvalue weighted by Crippen LogP contribution is 2.34. The van der Waals surface area contributed by atoms with Gasteiger partial charge in [-0.1, -0.05) is 24.6 Å². The van der Waals surface area contributed by atoms with Crippen LogP contribution in [0, 0.1) is 6.92 Å². The lowest BCUT2D eigenvalue weighted by atomic mass is 9.96. The Hall–Kier alpha value is -3.01. The number of aliphatic carboxylic acids is 1. The second kappa shape index (κ2) is 12.2. The fourth-order valence-corrected chi connectivity index (χ4v) is 5.64. The second-order valence-electron chi connectivity index (χ2n) is 10.4. The largest absolute Gasteiger partial charge is 0.480 e. The van der Waals surface area contributed by atoms with Crippen LogP contribution in [0.2, 0.25) is 0 Å². The maximum Gasteiger partial charge on any atom is 0.325 e. The van der Waals surface area contributed by atoms with Gasteiger partial charge in [-0.15, -0.1) is 0 Å². The summed E-state index contributed by atoms with van der Waals surface area (Å²) in [6.45, 7) is 6.08. The number of hydrogen-bond acceptors (Lipinski definition) is 7. The van der Waals surface area contributed by atoms with Crippen LogP contribution in [-0.4, -0.2) is 76.8 Å². The first-order valence-electron chi connectivity index (χ1n) is 13.8. The Morgan fingerprint density at radius 3 is 2.87 bits per heavy atom. The maximum absolute atomic E-state index is 12.4. The molecule has 2 aliphatic rings. The van der Waals surface area contributed by atoms with Gasteiger partial charge in [0, 0.05) is 44.4 Å². The van der Waals surface area contributed by atoms with Gasteiger partial charge < -0.3 is 19.9 Å². The summed E-state index contributed by atoms with van der Waals surface area (Å²) in [6.07, 6.45) is 6.55. The number of nitrogens with one attached hydrogen (secondary N) is 1. The third-order valence-electron chi connectivity index (χ3n) is 7.65. The van der Waals surface area contributed by atoms with Gasteiger partial charge in [0.15, 0.2) is 0 Å². The highest BCUT2D eigenvalue weighted by Gasteiger charge is 2.38. The number of aryl methyl sites for hydroxylation is 3. The number of unbranched alkanes of at least 4 members (excludes halogenated alkanes) is 2. The summed E-state index contributed by atoms with van der Waals surface area (Å²) in [5.74, 6) is 0.226. The topological polar surface area (TPSA) is 102 Å². The number of carboxylic acids is 1. The molecule has 0 aliphatic carbocycles. The molecule has 2 N–H and O–H groups in total. The van der Waals surface area contributed by atoms with Gasteiger partial charge >= 0.3 is 5.97 Å². The Bertz CT molecular complexity index is 1250. The minimum atomic E-state index is -0.842. The molecule has 0 spiro atoms. The number of carboxylic acid groups (broad SMARTS) is 1. The molecule has 5 rings (SSSR count). The molecule has 1 fully saturated rings. The standard InChI is InChI=1S/C29H39N5O4/c1-20-26-24(10-6-11-25(26)34(32-20)15-17-37-2)27(29(35)36)33-18-23(19-33)38-16-5-3-4-9-22-13-12-21-8-7-14-30-28(21)31-22/h6,10-13,23,27H,3-5,7-9,14-19H2,1-2H3,(H,30,31)(H,35,36). The monoisotopic (exact) mass is 521 g/mol. The van der Waals surface area contributed by atoms with Crippen molar-refractivity contribution in [1.82, 2.24) is 19.7 Å². The van der Waals surface area contributed by atoms with Crippen LogP contribution in [0.3, 0.4) is 0 Å². The zero-order chi connectivity index (χ0) is 26.5. The molecular weight excluding hydrogens is 482 g/mol. The smallest absolute Gasteiger partial charge is 0.325 e. The molecule has 38 heavy (non-hydrogen) atoms. The zero-order valence-electron chi connectivity index (χ0n) is 22.5. The molecule has 3 aromatic rings. The van der Waals surface area contributed by atoms with E-state index in [1.54, 1.807) is 7.11 Å². The van der Waals surface area contributed by atoms with Gasteiger partial charge in [0.25, 0.3) is 0 Å². The van der Waals surface area contributed by atoms with E-state index in [1.807, 2.05) is 34.7 Å². The minimum Gasteiger partial charge on any atom is -0.480 e.